The summed E-state index contributed by atoms with van der Waals surface area (Å²) in [5.41, 5.74) is 1.09. The van der Waals surface area contributed by atoms with Gasteiger partial charge in [-0.05, 0) is 65.4 Å². The molecule has 0 unspecified atom stereocenters. The van der Waals surface area contributed by atoms with Crippen LogP contribution < -0.4 is 15.4 Å². The minimum atomic E-state index is -0.326. The lowest BCUT2D eigenvalue weighted by molar-refractivity contribution is 0.0977. The molecule has 1 aromatic carbocycles. The van der Waals surface area contributed by atoms with E-state index >= 15 is 0 Å². The summed E-state index contributed by atoms with van der Waals surface area (Å²) in [7, 11) is 0. The fraction of sp³-hybridized carbons (Fsp3) is 0.133. The number of halogens is 2. The molecule has 1 heterocycles. The van der Waals surface area contributed by atoms with Crippen LogP contribution in [0.2, 0.25) is 5.15 Å². The first-order chi connectivity index (χ1) is 11.0. The van der Waals surface area contributed by atoms with Crippen LogP contribution in [0.15, 0.2) is 41.0 Å². The van der Waals surface area contributed by atoms with Crippen molar-refractivity contribution in [1.82, 2.24) is 10.3 Å². The molecule has 0 aliphatic carbocycles. The van der Waals surface area contributed by atoms with Crippen LogP contribution in [0.3, 0.4) is 0 Å². The number of carbonyl (C=O) groups excluding carboxylic acids is 1. The number of benzene rings is 1. The zero-order chi connectivity index (χ0) is 16.8. The molecule has 0 aliphatic rings. The van der Waals surface area contributed by atoms with Gasteiger partial charge in [0.1, 0.15) is 10.9 Å². The van der Waals surface area contributed by atoms with Gasteiger partial charge in [-0.15, -0.1) is 0 Å². The number of rotatable bonds is 4. The minimum Gasteiger partial charge on any atom is -0.493 e. The Morgan fingerprint density at radius 2 is 2.17 bits per heavy atom. The topological polar surface area (TPSA) is 63.2 Å². The zero-order valence-electron chi connectivity index (χ0n) is 12.1. The Hall–Kier alpha value is -1.70. The Bertz CT molecular complexity index is 725. The Labute approximate surface area is 152 Å². The average Bonchev–Trinajstić information content (AvgIpc) is 2.51. The number of thiocarbonyl (C=S) groups is 1. The summed E-state index contributed by atoms with van der Waals surface area (Å²) >= 11 is 14.2. The number of hydrogen-bond donors (Lipinski definition) is 2. The number of nitrogens with one attached hydrogen (secondary N) is 2. The molecule has 1 aromatic heterocycles. The SMILES string of the molecule is CCOc1ccc(C(=O)NC(=S)Nc2ccc(Cl)nc2)cc1Br. The number of hydrogen-bond acceptors (Lipinski definition) is 4. The van der Waals surface area contributed by atoms with Crippen LogP contribution in [0.4, 0.5) is 5.69 Å². The van der Waals surface area contributed by atoms with E-state index in [9.17, 15) is 4.79 Å². The van der Waals surface area contributed by atoms with Crippen molar-refractivity contribution in [2.24, 2.45) is 0 Å². The van der Waals surface area contributed by atoms with Gasteiger partial charge >= 0.3 is 0 Å². The predicted molar refractivity (Wildman–Crippen MR) is 98.2 cm³/mol. The highest BCUT2D eigenvalue weighted by Gasteiger charge is 2.11. The zero-order valence-corrected chi connectivity index (χ0v) is 15.3. The number of carbonyl (C=O) groups is 1. The van der Waals surface area contributed by atoms with Gasteiger partial charge in [0.15, 0.2) is 5.11 Å². The van der Waals surface area contributed by atoms with Crippen molar-refractivity contribution in [3.8, 4) is 5.75 Å². The Kier molecular flexibility index (Phi) is 6.32. The maximum Gasteiger partial charge on any atom is 0.257 e. The quantitative estimate of drug-likeness (QED) is 0.584. The fourth-order valence-electron chi connectivity index (χ4n) is 1.70. The molecule has 23 heavy (non-hydrogen) atoms. The lowest BCUT2D eigenvalue weighted by atomic mass is 10.2. The number of aromatic nitrogens is 1. The Morgan fingerprint density at radius 1 is 1.39 bits per heavy atom. The van der Waals surface area contributed by atoms with Gasteiger partial charge in [-0.1, -0.05) is 11.6 Å². The smallest absolute Gasteiger partial charge is 0.257 e. The molecule has 2 N–H and O–H groups in total. The van der Waals surface area contributed by atoms with E-state index in [-0.39, 0.29) is 11.0 Å². The summed E-state index contributed by atoms with van der Waals surface area (Å²) < 4.78 is 6.11. The van der Waals surface area contributed by atoms with E-state index in [1.165, 1.54) is 6.20 Å². The molecule has 0 atom stereocenters. The standard InChI is InChI=1S/C15H13BrClN3O2S/c1-2-22-12-5-3-9(7-11(12)16)14(21)20-15(23)19-10-4-6-13(17)18-8-10/h3-8H,2H2,1H3,(H2,19,20,21,23). The van der Waals surface area contributed by atoms with Gasteiger partial charge in [0.25, 0.3) is 5.91 Å². The van der Waals surface area contributed by atoms with Gasteiger partial charge in [0.05, 0.1) is 23.0 Å². The summed E-state index contributed by atoms with van der Waals surface area (Å²) in [5.74, 6) is 0.352. The molecule has 2 aromatic rings. The van der Waals surface area contributed by atoms with Gasteiger partial charge in [-0.2, -0.15) is 0 Å². The highest BCUT2D eigenvalue weighted by Crippen LogP contribution is 2.26. The van der Waals surface area contributed by atoms with Gasteiger partial charge < -0.3 is 10.1 Å². The lowest BCUT2D eigenvalue weighted by Crippen LogP contribution is -2.34. The van der Waals surface area contributed by atoms with E-state index < -0.39 is 0 Å². The summed E-state index contributed by atoms with van der Waals surface area (Å²) in [6, 6.07) is 8.39. The maximum atomic E-state index is 12.2. The van der Waals surface area contributed by atoms with Crippen molar-refractivity contribution in [2.75, 3.05) is 11.9 Å². The minimum absolute atomic E-state index is 0.170. The van der Waals surface area contributed by atoms with E-state index in [2.05, 4.69) is 31.5 Å². The molecular weight excluding hydrogens is 402 g/mol. The first-order valence-corrected chi connectivity index (χ1v) is 8.23. The average molecular weight is 415 g/mol. The molecule has 0 bridgehead atoms. The van der Waals surface area contributed by atoms with E-state index in [1.54, 1.807) is 30.3 Å². The molecular formula is C15H13BrClN3O2S. The molecule has 0 spiro atoms. The number of amides is 1. The Balaban J connectivity index is 1.99. The third-order valence-electron chi connectivity index (χ3n) is 2.71. The van der Waals surface area contributed by atoms with E-state index in [1.807, 2.05) is 6.92 Å². The van der Waals surface area contributed by atoms with E-state index in [4.69, 9.17) is 28.6 Å². The summed E-state index contributed by atoms with van der Waals surface area (Å²) in [6.45, 7) is 2.44. The van der Waals surface area contributed by atoms with E-state index in [0.29, 0.717) is 33.2 Å². The predicted octanol–water partition coefficient (Wildman–Crippen LogP) is 4.02. The van der Waals surface area contributed by atoms with Crippen molar-refractivity contribution in [1.29, 1.82) is 0 Å². The molecule has 2 rings (SSSR count). The molecule has 0 saturated carbocycles. The fourth-order valence-corrected chi connectivity index (χ4v) is 2.52. The van der Waals surface area contributed by atoms with Crippen LogP contribution in [-0.4, -0.2) is 22.6 Å². The summed E-state index contributed by atoms with van der Waals surface area (Å²) in [5, 5.41) is 6.00. The molecule has 0 saturated heterocycles. The molecule has 1 amide bonds. The second-order valence-electron chi connectivity index (χ2n) is 4.36. The second kappa shape index (κ2) is 8.24. The van der Waals surface area contributed by atoms with Crippen LogP contribution in [0.5, 0.6) is 5.75 Å². The molecule has 120 valence electrons. The molecule has 0 radical (unpaired) electrons. The number of nitrogens with zero attached hydrogens (tertiary/aromatic N) is 1. The monoisotopic (exact) mass is 413 g/mol. The number of ether oxygens (including phenoxy) is 1. The molecule has 5 nitrogen and oxygen atoms in total. The van der Waals surface area contributed by atoms with E-state index in [0.717, 1.165) is 0 Å². The first kappa shape index (κ1) is 17.7. The largest absolute Gasteiger partial charge is 0.493 e. The van der Waals surface area contributed by atoms with Gasteiger partial charge in [0, 0.05) is 5.56 Å². The van der Waals surface area contributed by atoms with Gasteiger partial charge in [-0.25, -0.2) is 4.98 Å². The highest BCUT2D eigenvalue weighted by molar-refractivity contribution is 9.10. The van der Waals surface area contributed by atoms with Crippen LogP contribution in [0.1, 0.15) is 17.3 Å². The van der Waals surface area contributed by atoms with Crippen LogP contribution in [0, 0.1) is 0 Å². The Morgan fingerprint density at radius 3 is 2.78 bits per heavy atom. The highest BCUT2D eigenvalue weighted by atomic mass is 79.9. The van der Waals surface area contributed by atoms with Crippen molar-refractivity contribution in [2.45, 2.75) is 6.92 Å². The van der Waals surface area contributed by atoms with Crippen molar-refractivity contribution >= 4 is 56.5 Å². The normalized spacial score (nSPS) is 10.0. The summed E-state index contributed by atoms with van der Waals surface area (Å²) in [4.78, 5) is 16.1. The van der Waals surface area contributed by atoms with Crippen molar-refractivity contribution in [3.05, 3.63) is 51.7 Å². The van der Waals surface area contributed by atoms with Crippen molar-refractivity contribution in [3.63, 3.8) is 0 Å². The first-order valence-electron chi connectivity index (χ1n) is 6.66. The molecule has 0 aliphatic heterocycles. The van der Waals surface area contributed by atoms with Crippen LogP contribution >= 0.6 is 39.7 Å². The lowest BCUT2D eigenvalue weighted by Gasteiger charge is -2.11. The third-order valence-corrected chi connectivity index (χ3v) is 3.75. The molecule has 0 fully saturated rings. The van der Waals surface area contributed by atoms with Crippen LogP contribution in [0.25, 0.3) is 0 Å². The van der Waals surface area contributed by atoms with Gasteiger partial charge in [0.2, 0.25) is 0 Å². The molecule has 8 heteroatoms. The number of pyridine rings is 1. The maximum absolute atomic E-state index is 12.2. The summed E-state index contributed by atoms with van der Waals surface area (Å²) in [6.07, 6.45) is 1.52. The number of anilines is 1. The van der Waals surface area contributed by atoms with Crippen LogP contribution in [-0.2, 0) is 0 Å². The second-order valence-corrected chi connectivity index (χ2v) is 6.01. The van der Waals surface area contributed by atoms with Gasteiger partial charge in [-0.3, -0.25) is 10.1 Å². The van der Waals surface area contributed by atoms with Crippen molar-refractivity contribution < 1.29 is 9.53 Å². The third kappa shape index (κ3) is 5.16.